The minimum Gasteiger partial charge on any atom is -0.494 e. The van der Waals surface area contributed by atoms with Gasteiger partial charge in [0.2, 0.25) is 5.91 Å². The number of amides is 1. The number of aryl methyl sites for hydroxylation is 1. The molecule has 0 saturated heterocycles. The van der Waals surface area contributed by atoms with Gasteiger partial charge in [0.05, 0.1) is 12.8 Å². The molecule has 0 saturated carbocycles. The van der Waals surface area contributed by atoms with Gasteiger partial charge in [0.1, 0.15) is 5.75 Å². The van der Waals surface area contributed by atoms with Crippen molar-refractivity contribution in [2.75, 3.05) is 6.61 Å². The van der Waals surface area contributed by atoms with Crippen molar-refractivity contribution in [2.24, 2.45) is 5.10 Å². The van der Waals surface area contributed by atoms with Gasteiger partial charge in [-0.25, -0.2) is 10.2 Å². The smallest absolute Gasteiger partial charge is 0.325 e. The lowest BCUT2D eigenvalue weighted by atomic mass is 10.1. The number of benzene rings is 1. The summed E-state index contributed by atoms with van der Waals surface area (Å²) in [6.07, 6.45) is 2.73. The molecule has 2 aromatic rings. The molecule has 0 unspecified atom stereocenters. The van der Waals surface area contributed by atoms with E-state index in [0.29, 0.717) is 17.9 Å². The highest BCUT2D eigenvalue weighted by atomic mass is 16.5. The van der Waals surface area contributed by atoms with Gasteiger partial charge >= 0.3 is 5.69 Å². The molecule has 0 atom stereocenters. The second-order valence-corrected chi connectivity index (χ2v) is 5.73. The molecule has 0 fully saturated rings. The fraction of sp³-hybridized carbons (Fsp3) is 0.333. The summed E-state index contributed by atoms with van der Waals surface area (Å²) >= 11 is 0. The fourth-order valence-corrected chi connectivity index (χ4v) is 2.30. The van der Waals surface area contributed by atoms with Crippen LogP contribution in [0.25, 0.3) is 0 Å². The quantitative estimate of drug-likeness (QED) is 0.486. The van der Waals surface area contributed by atoms with Crippen LogP contribution in [-0.4, -0.2) is 28.7 Å². The largest absolute Gasteiger partial charge is 0.494 e. The van der Waals surface area contributed by atoms with E-state index < -0.39 is 11.2 Å². The van der Waals surface area contributed by atoms with E-state index in [1.165, 1.54) is 6.21 Å². The average Bonchev–Trinajstić information content (AvgIpc) is 2.59. The fourth-order valence-electron chi connectivity index (χ4n) is 2.30. The average molecular weight is 358 g/mol. The standard InChI is InChI=1S/C18H22N4O4/c1-3-9-26-14-6-4-5-13(10-14)11-19-22-16(23)8-7-15-12(2)20-18(25)21-17(15)24/h4-6,10-11H,3,7-9H2,1-2H3,(H,22,23)(H2,20,21,24,25)/b19-11+. The predicted octanol–water partition coefficient (Wildman–Crippen LogP) is 1.24. The molecule has 2 rings (SSSR count). The van der Waals surface area contributed by atoms with Gasteiger partial charge in [-0.3, -0.25) is 14.6 Å². The van der Waals surface area contributed by atoms with Crippen LogP contribution in [0, 0.1) is 6.92 Å². The molecule has 0 spiro atoms. The third-order valence-corrected chi connectivity index (χ3v) is 3.59. The third kappa shape index (κ3) is 5.73. The van der Waals surface area contributed by atoms with Crippen LogP contribution in [0.2, 0.25) is 0 Å². The number of nitrogens with one attached hydrogen (secondary N) is 3. The molecule has 0 aliphatic carbocycles. The Bertz CT molecular complexity index is 899. The van der Waals surface area contributed by atoms with Crippen molar-refractivity contribution in [1.29, 1.82) is 0 Å². The van der Waals surface area contributed by atoms with E-state index >= 15 is 0 Å². The van der Waals surface area contributed by atoms with E-state index in [9.17, 15) is 14.4 Å². The summed E-state index contributed by atoms with van der Waals surface area (Å²) in [5.74, 6) is 0.416. The van der Waals surface area contributed by atoms with Crippen LogP contribution in [0.15, 0.2) is 39.0 Å². The van der Waals surface area contributed by atoms with E-state index in [1.54, 1.807) is 6.92 Å². The van der Waals surface area contributed by atoms with Gasteiger partial charge in [-0.15, -0.1) is 0 Å². The van der Waals surface area contributed by atoms with Crippen molar-refractivity contribution in [3.8, 4) is 5.75 Å². The first-order valence-corrected chi connectivity index (χ1v) is 8.36. The van der Waals surface area contributed by atoms with Crippen LogP contribution in [0.4, 0.5) is 0 Å². The first kappa shape index (κ1) is 19.2. The number of rotatable bonds is 8. The Morgan fingerprint density at radius 1 is 1.31 bits per heavy atom. The lowest BCUT2D eigenvalue weighted by Crippen LogP contribution is -2.28. The number of nitrogens with zero attached hydrogens (tertiary/aromatic N) is 1. The molecule has 1 aromatic carbocycles. The van der Waals surface area contributed by atoms with E-state index in [2.05, 4.69) is 20.5 Å². The van der Waals surface area contributed by atoms with Gasteiger partial charge in [0, 0.05) is 17.7 Å². The minimum atomic E-state index is -0.560. The SMILES string of the molecule is CCCOc1cccc(/C=N/NC(=O)CCc2c(C)[nH]c(=O)[nH]c2=O)c1. The van der Waals surface area contributed by atoms with Gasteiger partial charge in [0.25, 0.3) is 5.56 Å². The molecule has 26 heavy (non-hydrogen) atoms. The molecule has 3 N–H and O–H groups in total. The molecule has 0 bridgehead atoms. The van der Waals surface area contributed by atoms with E-state index in [0.717, 1.165) is 17.7 Å². The number of carbonyl (C=O) groups is 1. The molecule has 0 aliphatic rings. The van der Waals surface area contributed by atoms with Crippen LogP contribution < -0.4 is 21.4 Å². The summed E-state index contributed by atoms with van der Waals surface area (Å²) in [7, 11) is 0. The van der Waals surface area contributed by atoms with Crippen molar-refractivity contribution in [3.05, 3.63) is 61.9 Å². The second kappa shape index (κ2) is 9.36. The van der Waals surface area contributed by atoms with Crippen LogP contribution in [0.5, 0.6) is 5.75 Å². The van der Waals surface area contributed by atoms with Crippen LogP contribution in [0.3, 0.4) is 0 Å². The molecule has 1 amide bonds. The Morgan fingerprint density at radius 2 is 2.12 bits per heavy atom. The number of hydrogen-bond donors (Lipinski definition) is 3. The molecule has 0 aliphatic heterocycles. The van der Waals surface area contributed by atoms with Crippen molar-refractivity contribution < 1.29 is 9.53 Å². The summed E-state index contributed by atoms with van der Waals surface area (Å²) in [6.45, 7) is 4.29. The van der Waals surface area contributed by atoms with Gasteiger partial charge in [0.15, 0.2) is 0 Å². The van der Waals surface area contributed by atoms with E-state index in [-0.39, 0.29) is 18.7 Å². The maximum absolute atomic E-state index is 11.9. The Kier molecular flexibility index (Phi) is 6.90. The first-order chi connectivity index (χ1) is 12.5. The monoisotopic (exact) mass is 358 g/mol. The summed E-state index contributed by atoms with van der Waals surface area (Å²) in [5.41, 5.74) is 3.01. The third-order valence-electron chi connectivity index (χ3n) is 3.59. The molecule has 1 heterocycles. The molecule has 1 aromatic heterocycles. The highest BCUT2D eigenvalue weighted by molar-refractivity contribution is 5.82. The topological polar surface area (TPSA) is 116 Å². The van der Waals surface area contributed by atoms with Crippen LogP contribution >= 0.6 is 0 Å². The van der Waals surface area contributed by atoms with Crippen LogP contribution in [-0.2, 0) is 11.2 Å². The summed E-state index contributed by atoms with van der Waals surface area (Å²) < 4.78 is 5.53. The molecule has 0 radical (unpaired) electrons. The van der Waals surface area contributed by atoms with Crippen molar-refractivity contribution >= 4 is 12.1 Å². The Balaban J connectivity index is 1.88. The van der Waals surface area contributed by atoms with Crippen molar-refractivity contribution in [3.63, 3.8) is 0 Å². The minimum absolute atomic E-state index is 0.0763. The highest BCUT2D eigenvalue weighted by Crippen LogP contribution is 2.12. The maximum atomic E-state index is 11.9. The molecule has 8 nitrogen and oxygen atoms in total. The summed E-state index contributed by atoms with van der Waals surface area (Å²) in [4.78, 5) is 39.4. The predicted molar refractivity (Wildman–Crippen MR) is 98.7 cm³/mol. The van der Waals surface area contributed by atoms with Gasteiger partial charge in [-0.05, 0) is 37.5 Å². The number of hydrazone groups is 1. The number of aromatic nitrogens is 2. The number of aromatic amines is 2. The van der Waals surface area contributed by atoms with Gasteiger partial charge in [-0.1, -0.05) is 19.1 Å². The highest BCUT2D eigenvalue weighted by Gasteiger charge is 2.08. The Labute approximate surface area is 150 Å². The molecular weight excluding hydrogens is 336 g/mol. The molecule has 8 heteroatoms. The van der Waals surface area contributed by atoms with Crippen molar-refractivity contribution in [1.82, 2.24) is 15.4 Å². The van der Waals surface area contributed by atoms with Gasteiger partial charge in [-0.2, -0.15) is 5.10 Å². The van der Waals surface area contributed by atoms with Crippen molar-refractivity contribution in [2.45, 2.75) is 33.1 Å². The first-order valence-electron chi connectivity index (χ1n) is 8.36. The molecule has 138 valence electrons. The Morgan fingerprint density at radius 3 is 2.85 bits per heavy atom. The number of hydrogen-bond acceptors (Lipinski definition) is 5. The van der Waals surface area contributed by atoms with E-state index in [4.69, 9.17) is 4.74 Å². The lowest BCUT2D eigenvalue weighted by molar-refractivity contribution is -0.121. The normalized spacial score (nSPS) is 10.8. The van der Waals surface area contributed by atoms with Gasteiger partial charge < -0.3 is 9.72 Å². The number of ether oxygens (including phenoxy) is 1. The zero-order valence-electron chi connectivity index (χ0n) is 14.8. The maximum Gasteiger partial charge on any atom is 0.325 e. The Hall–Kier alpha value is -3.16. The second-order valence-electron chi connectivity index (χ2n) is 5.73. The number of carbonyl (C=O) groups excluding carboxylic acids is 1. The number of H-pyrrole nitrogens is 2. The molecular formula is C18H22N4O4. The summed E-state index contributed by atoms with van der Waals surface area (Å²) in [6, 6.07) is 7.38. The zero-order valence-corrected chi connectivity index (χ0v) is 14.8. The zero-order chi connectivity index (χ0) is 18.9. The van der Waals surface area contributed by atoms with Crippen LogP contribution in [0.1, 0.15) is 36.6 Å². The van der Waals surface area contributed by atoms with E-state index in [1.807, 2.05) is 31.2 Å². The summed E-state index contributed by atoms with van der Waals surface area (Å²) in [5, 5.41) is 3.91. The lowest BCUT2D eigenvalue weighted by Gasteiger charge is -2.05.